The summed E-state index contributed by atoms with van der Waals surface area (Å²) in [7, 11) is 0. The number of ether oxygens (including phenoxy) is 7. The van der Waals surface area contributed by atoms with Crippen LogP contribution < -0.4 is 0 Å². The molecule has 15 unspecified atom stereocenters. The van der Waals surface area contributed by atoms with Gasteiger partial charge in [-0.1, -0.05) is 168 Å². The molecule has 4 aliphatic rings. The first-order valence-corrected chi connectivity index (χ1v) is 38.0. The average molecular weight is 1320 g/mol. The van der Waals surface area contributed by atoms with Gasteiger partial charge in [-0.05, 0) is 97.8 Å². The molecular formula is C74H133N3O16. The van der Waals surface area contributed by atoms with Crippen LogP contribution in [0, 0.1) is 0 Å². The van der Waals surface area contributed by atoms with E-state index >= 15 is 0 Å². The third kappa shape index (κ3) is 40.8. The van der Waals surface area contributed by atoms with E-state index in [1.807, 2.05) is 0 Å². The van der Waals surface area contributed by atoms with Gasteiger partial charge < -0.3 is 48.5 Å². The molecule has 0 amide bonds. The highest BCUT2D eigenvalue weighted by molar-refractivity contribution is 5.72. The van der Waals surface area contributed by atoms with Crippen LogP contribution in [0.4, 0.5) is 0 Å². The second-order valence-corrected chi connectivity index (χ2v) is 28.2. The lowest BCUT2D eigenvalue weighted by Crippen LogP contribution is -2.33. The van der Waals surface area contributed by atoms with Gasteiger partial charge in [0, 0.05) is 83.1 Å². The van der Waals surface area contributed by atoms with Crippen LogP contribution >= 0.6 is 0 Å². The highest BCUT2D eigenvalue weighted by Crippen LogP contribution is 2.33. The molecule has 0 aromatic rings. The Balaban J connectivity index is 1.14. The van der Waals surface area contributed by atoms with Gasteiger partial charge >= 0.3 is 35.8 Å². The van der Waals surface area contributed by atoms with Crippen molar-refractivity contribution in [2.45, 2.75) is 384 Å². The number of unbranched alkanes of at least 4 members (excludes halogenated alkanes) is 23. The van der Waals surface area contributed by atoms with Crippen molar-refractivity contribution in [1.29, 1.82) is 0 Å². The van der Waals surface area contributed by atoms with Crippen LogP contribution in [0.1, 0.15) is 311 Å². The molecule has 19 heteroatoms. The SMILES string of the molecule is CCCCCCCCC(OC(=O)CCN1CC1C)C(O)CCCCCCCC(=O)OCC(COC(=O)CCCCCCCC(O)C(CCCCCCC)OC(=O)CCN1CC1C)OC(=O)CCCCCCCC1OC1CC(O)C(CCCCC)OC(=O)CCN1CC1C. The molecule has 4 aliphatic heterocycles. The molecule has 0 bridgehead atoms. The fourth-order valence-corrected chi connectivity index (χ4v) is 12.6. The van der Waals surface area contributed by atoms with E-state index in [4.69, 9.17) is 33.2 Å². The van der Waals surface area contributed by atoms with Crippen LogP contribution in [0.5, 0.6) is 0 Å². The smallest absolute Gasteiger partial charge is 0.307 e. The first-order chi connectivity index (χ1) is 45.0. The van der Waals surface area contributed by atoms with Crippen LogP contribution in [0.15, 0.2) is 0 Å². The molecule has 0 aliphatic carbocycles. The number of rotatable bonds is 63. The quantitative estimate of drug-likeness (QED) is 0.0222. The summed E-state index contributed by atoms with van der Waals surface area (Å²) in [4.78, 5) is 84.0. The normalized spacial score (nSPS) is 22.5. The maximum absolute atomic E-state index is 13.2. The fraction of sp³-hybridized carbons (Fsp3) is 0.919. The topological polar surface area (TPSA) is 240 Å². The summed E-state index contributed by atoms with van der Waals surface area (Å²) in [6.45, 7) is 17.6. The lowest BCUT2D eigenvalue weighted by molar-refractivity contribution is -0.167. The van der Waals surface area contributed by atoms with Crippen molar-refractivity contribution in [3.63, 3.8) is 0 Å². The Morgan fingerprint density at radius 1 is 0.366 bits per heavy atom. The number of epoxide rings is 1. The van der Waals surface area contributed by atoms with E-state index in [9.17, 15) is 44.1 Å². The van der Waals surface area contributed by atoms with Crippen LogP contribution in [-0.2, 0) is 61.9 Å². The average Bonchev–Trinajstić information content (AvgIpc) is 1.83. The first-order valence-electron chi connectivity index (χ1n) is 38.0. The Labute approximate surface area is 562 Å². The Morgan fingerprint density at radius 3 is 1.05 bits per heavy atom. The number of carbonyl (C=O) groups excluding carboxylic acids is 6. The van der Waals surface area contributed by atoms with Gasteiger partial charge in [0.2, 0.25) is 0 Å². The molecule has 3 N–H and O–H groups in total. The van der Waals surface area contributed by atoms with Gasteiger partial charge in [0.25, 0.3) is 0 Å². The Bertz CT molecular complexity index is 2020. The summed E-state index contributed by atoms with van der Waals surface area (Å²) in [5, 5.41) is 33.4. The number of nitrogens with zero attached hydrogens (tertiary/aromatic N) is 3. The maximum Gasteiger partial charge on any atom is 0.307 e. The molecule has 4 saturated heterocycles. The van der Waals surface area contributed by atoms with Gasteiger partial charge in [0.05, 0.1) is 49.8 Å². The Kier molecular flexibility index (Phi) is 44.0. The van der Waals surface area contributed by atoms with E-state index in [1.165, 1.54) is 25.7 Å². The van der Waals surface area contributed by atoms with Gasteiger partial charge in [-0.3, -0.25) is 43.5 Å². The number of hydrogen-bond acceptors (Lipinski definition) is 19. The molecule has 0 aromatic carbocycles. The van der Waals surface area contributed by atoms with Gasteiger partial charge in [0.15, 0.2) is 6.10 Å². The van der Waals surface area contributed by atoms with Crippen molar-refractivity contribution in [1.82, 2.24) is 14.7 Å². The molecular weight excluding hydrogens is 1190 g/mol. The summed E-state index contributed by atoms with van der Waals surface area (Å²) < 4.78 is 40.5. The van der Waals surface area contributed by atoms with Crippen LogP contribution in [0.3, 0.4) is 0 Å². The Hall–Kier alpha value is -3.46. The molecule has 19 nitrogen and oxygen atoms in total. The number of aliphatic hydroxyl groups excluding tert-OH is 3. The molecule has 15 atom stereocenters. The third-order valence-electron chi connectivity index (χ3n) is 19.4. The van der Waals surface area contributed by atoms with Crippen molar-refractivity contribution in [2.75, 3.05) is 52.5 Å². The molecule has 0 saturated carbocycles. The largest absolute Gasteiger partial charge is 0.462 e. The van der Waals surface area contributed by atoms with Gasteiger partial charge in [-0.15, -0.1) is 0 Å². The minimum absolute atomic E-state index is 0.0426. The molecule has 0 spiro atoms. The second-order valence-electron chi connectivity index (χ2n) is 28.2. The molecule has 4 heterocycles. The predicted octanol–water partition coefficient (Wildman–Crippen LogP) is 13.1. The highest BCUT2D eigenvalue weighted by atomic mass is 16.6. The Morgan fingerprint density at radius 2 is 0.667 bits per heavy atom. The summed E-state index contributed by atoms with van der Waals surface area (Å²) in [5.41, 5.74) is 0. The van der Waals surface area contributed by atoms with Gasteiger partial charge in [0.1, 0.15) is 31.5 Å². The maximum atomic E-state index is 13.2. The first kappa shape index (κ1) is 82.0. The minimum Gasteiger partial charge on any atom is -0.462 e. The monoisotopic (exact) mass is 1320 g/mol. The van der Waals surface area contributed by atoms with Crippen molar-refractivity contribution in [3.05, 3.63) is 0 Å². The van der Waals surface area contributed by atoms with Crippen LogP contribution in [-0.4, -0.2) is 191 Å². The highest BCUT2D eigenvalue weighted by Gasteiger charge is 2.41. The van der Waals surface area contributed by atoms with E-state index < -0.39 is 60.6 Å². The summed E-state index contributed by atoms with van der Waals surface area (Å²) in [5.74, 6) is -2.04. The van der Waals surface area contributed by atoms with Gasteiger partial charge in [-0.2, -0.15) is 0 Å². The zero-order valence-electron chi connectivity index (χ0n) is 59.3. The van der Waals surface area contributed by atoms with E-state index in [1.54, 1.807) is 0 Å². The summed E-state index contributed by atoms with van der Waals surface area (Å²) in [6, 6.07) is 1.57. The van der Waals surface area contributed by atoms with Crippen molar-refractivity contribution >= 4 is 35.8 Å². The van der Waals surface area contributed by atoms with E-state index in [2.05, 4.69) is 56.2 Å². The van der Waals surface area contributed by atoms with E-state index in [0.717, 1.165) is 167 Å². The molecule has 0 aromatic heterocycles. The standard InChI is InChI=1S/C74H133N3O16/c1-7-10-13-15-22-31-40-65(92-73(85)46-49-76-53-58(76)5)62(79)37-29-21-17-25-34-43-70(82)88-56-60(55-87-69(81)42-33-24-16-20-28-36-61(78)64(39-30-19-14-11-8-2)91-72(84)45-48-75-52-57(75)4)89-71(83)44-35-26-18-23-32-41-67-68(90-67)51-63(80)66(38-27-12-9-3)93-74(86)47-50-77-54-59(77)6/h57-68,78-80H,7-56H2,1-6H3. The van der Waals surface area contributed by atoms with Crippen LogP contribution in [0.2, 0.25) is 0 Å². The van der Waals surface area contributed by atoms with Gasteiger partial charge in [-0.25, -0.2) is 0 Å². The molecule has 0 radical (unpaired) electrons. The molecule has 93 heavy (non-hydrogen) atoms. The zero-order valence-corrected chi connectivity index (χ0v) is 59.3. The van der Waals surface area contributed by atoms with E-state index in [0.29, 0.717) is 115 Å². The number of carbonyl (C=O) groups is 6. The molecule has 4 fully saturated rings. The number of esters is 6. The second kappa shape index (κ2) is 50.0. The minimum atomic E-state index is -0.954. The van der Waals surface area contributed by atoms with Crippen LogP contribution in [0.25, 0.3) is 0 Å². The lowest BCUT2D eigenvalue weighted by Gasteiger charge is -2.23. The third-order valence-corrected chi connectivity index (χ3v) is 19.4. The van der Waals surface area contributed by atoms with E-state index in [-0.39, 0.29) is 62.6 Å². The summed E-state index contributed by atoms with van der Waals surface area (Å²) in [6.07, 6.45) is 28.5. The predicted molar refractivity (Wildman–Crippen MR) is 362 cm³/mol. The molecule has 540 valence electrons. The van der Waals surface area contributed by atoms with Crippen molar-refractivity contribution in [2.24, 2.45) is 0 Å². The molecule has 4 rings (SSSR count). The summed E-state index contributed by atoms with van der Waals surface area (Å²) >= 11 is 0. The zero-order chi connectivity index (χ0) is 67.4. The van der Waals surface area contributed by atoms with Crippen molar-refractivity contribution < 1.29 is 77.2 Å². The fourth-order valence-electron chi connectivity index (χ4n) is 12.6. The number of aliphatic hydroxyl groups is 3. The van der Waals surface area contributed by atoms with Crippen molar-refractivity contribution in [3.8, 4) is 0 Å². The number of hydrogen-bond donors (Lipinski definition) is 3. The lowest BCUT2D eigenvalue weighted by atomic mass is 9.99.